The summed E-state index contributed by atoms with van der Waals surface area (Å²) in [6.45, 7) is 1.21. The van der Waals surface area contributed by atoms with Gasteiger partial charge in [0, 0.05) is 13.0 Å². The van der Waals surface area contributed by atoms with E-state index in [2.05, 4.69) is 5.32 Å². The Labute approximate surface area is 111 Å². The Hall–Kier alpha value is -2.08. The lowest BCUT2D eigenvalue weighted by atomic mass is 10.2. The van der Waals surface area contributed by atoms with E-state index in [0.29, 0.717) is 5.75 Å². The van der Waals surface area contributed by atoms with E-state index >= 15 is 0 Å². The summed E-state index contributed by atoms with van der Waals surface area (Å²) >= 11 is 0. The van der Waals surface area contributed by atoms with Gasteiger partial charge in [0.15, 0.2) is 6.10 Å². The summed E-state index contributed by atoms with van der Waals surface area (Å²) in [6, 6.07) is 7.65. The number of aliphatic carboxylic acids is 1. The van der Waals surface area contributed by atoms with Crippen LogP contribution in [0.5, 0.6) is 5.75 Å². The Balaban J connectivity index is 2.54. The molecule has 0 saturated carbocycles. The largest absolute Gasteiger partial charge is 0.481 e. The van der Waals surface area contributed by atoms with E-state index in [4.69, 9.17) is 14.9 Å². The second-order valence-electron chi connectivity index (χ2n) is 3.98. The Morgan fingerprint density at radius 3 is 2.47 bits per heavy atom. The molecule has 0 radical (unpaired) electrons. The molecule has 0 saturated heterocycles. The molecule has 1 aromatic rings. The van der Waals surface area contributed by atoms with Crippen LogP contribution >= 0.6 is 0 Å². The molecule has 0 aliphatic carbocycles. The lowest BCUT2D eigenvalue weighted by molar-refractivity contribution is -0.143. The average Bonchev–Trinajstić information content (AvgIpc) is 2.39. The highest BCUT2D eigenvalue weighted by molar-refractivity contribution is 5.86. The van der Waals surface area contributed by atoms with Crippen molar-refractivity contribution in [2.45, 2.75) is 25.5 Å². The van der Waals surface area contributed by atoms with Crippen molar-refractivity contribution < 1.29 is 24.5 Å². The second-order valence-corrected chi connectivity index (χ2v) is 3.98. The monoisotopic (exact) mass is 267 g/mol. The number of ether oxygens (including phenoxy) is 1. The summed E-state index contributed by atoms with van der Waals surface area (Å²) < 4.78 is 5.37. The molecule has 6 nitrogen and oxygen atoms in total. The third-order valence-electron chi connectivity index (χ3n) is 2.46. The third-order valence-corrected chi connectivity index (χ3v) is 2.46. The number of benzene rings is 1. The number of carbonyl (C=O) groups is 2. The number of aliphatic hydroxyl groups is 1. The van der Waals surface area contributed by atoms with E-state index in [1.807, 2.05) is 6.07 Å². The zero-order valence-electron chi connectivity index (χ0n) is 10.6. The predicted octanol–water partition coefficient (Wildman–Crippen LogP) is 0.406. The molecule has 1 unspecified atom stereocenters. The fraction of sp³-hybridized carbons (Fsp3) is 0.385. The van der Waals surface area contributed by atoms with E-state index in [1.54, 1.807) is 24.3 Å². The molecule has 1 aromatic carbocycles. The highest BCUT2D eigenvalue weighted by Gasteiger charge is 2.23. The van der Waals surface area contributed by atoms with E-state index in [9.17, 15) is 9.59 Å². The Morgan fingerprint density at radius 2 is 1.95 bits per heavy atom. The number of carboxylic acid groups (broad SMARTS) is 1. The van der Waals surface area contributed by atoms with Crippen molar-refractivity contribution in [2.24, 2.45) is 0 Å². The van der Waals surface area contributed by atoms with Crippen LogP contribution in [0.3, 0.4) is 0 Å². The highest BCUT2D eigenvalue weighted by Crippen LogP contribution is 2.10. The van der Waals surface area contributed by atoms with Crippen LogP contribution in [-0.4, -0.2) is 40.8 Å². The van der Waals surface area contributed by atoms with E-state index in [0.717, 1.165) is 0 Å². The molecule has 2 atom stereocenters. The van der Waals surface area contributed by atoms with Crippen LogP contribution in [0.25, 0.3) is 0 Å². The molecule has 0 fully saturated rings. The highest BCUT2D eigenvalue weighted by atomic mass is 16.5. The minimum Gasteiger partial charge on any atom is -0.481 e. The zero-order valence-corrected chi connectivity index (χ0v) is 10.6. The van der Waals surface area contributed by atoms with E-state index in [1.165, 1.54) is 6.92 Å². The van der Waals surface area contributed by atoms with E-state index < -0.39 is 24.0 Å². The number of para-hydroxylation sites is 1. The summed E-state index contributed by atoms with van der Waals surface area (Å²) in [5.41, 5.74) is 0. The minimum atomic E-state index is -1.19. The fourth-order valence-corrected chi connectivity index (χ4v) is 1.43. The molecule has 0 heterocycles. The van der Waals surface area contributed by atoms with Crippen molar-refractivity contribution in [3.8, 4) is 5.75 Å². The summed E-state index contributed by atoms with van der Waals surface area (Å²) in [4.78, 5) is 22.6. The van der Waals surface area contributed by atoms with Crippen LogP contribution in [0, 0.1) is 0 Å². The van der Waals surface area contributed by atoms with Crippen molar-refractivity contribution in [3.05, 3.63) is 30.3 Å². The molecule has 1 amide bonds. The molecule has 0 spiro atoms. The SMILES string of the molecule is CC(Oc1ccccc1)C(=O)N[C@H](CCO)C(=O)O. The topological polar surface area (TPSA) is 95.9 Å². The number of carbonyl (C=O) groups excluding carboxylic acids is 1. The van der Waals surface area contributed by atoms with Gasteiger partial charge in [0.05, 0.1) is 0 Å². The first-order valence-electron chi connectivity index (χ1n) is 5.90. The number of amides is 1. The molecule has 0 aliphatic heterocycles. The number of aliphatic hydroxyl groups excluding tert-OH is 1. The number of carboxylic acids is 1. The van der Waals surface area contributed by atoms with Crippen LogP contribution < -0.4 is 10.1 Å². The third kappa shape index (κ3) is 4.97. The van der Waals surface area contributed by atoms with Gasteiger partial charge in [-0.3, -0.25) is 4.79 Å². The lowest BCUT2D eigenvalue weighted by Crippen LogP contribution is -2.46. The molecule has 104 valence electrons. The first-order valence-corrected chi connectivity index (χ1v) is 5.90. The molecule has 3 N–H and O–H groups in total. The summed E-state index contributed by atoms with van der Waals surface area (Å²) in [7, 11) is 0. The predicted molar refractivity (Wildman–Crippen MR) is 67.8 cm³/mol. The van der Waals surface area contributed by atoms with Gasteiger partial charge in [-0.15, -0.1) is 0 Å². The van der Waals surface area contributed by atoms with Gasteiger partial charge >= 0.3 is 5.97 Å². The summed E-state index contributed by atoms with van der Waals surface area (Å²) in [5, 5.41) is 19.9. The van der Waals surface area contributed by atoms with Crippen LogP contribution in [0.15, 0.2) is 30.3 Å². The second kappa shape index (κ2) is 7.38. The first-order chi connectivity index (χ1) is 9.04. The normalized spacial score (nSPS) is 13.4. The van der Waals surface area contributed by atoms with Gasteiger partial charge in [0.2, 0.25) is 0 Å². The molecule has 6 heteroatoms. The van der Waals surface area contributed by atoms with Gasteiger partial charge < -0.3 is 20.3 Å². The van der Waals surface area contributed by atoms with E-state index in [-0.39, 0.29) is 13.0 Å². The smallest absolute Gasteiger partial charge is 0.326 e. The van der Waals surface area contributed by atoms with Gasteiger partial charge in [-0.25, -0.2) is 4.79 Å². The quantitative estimate of drug-likeness (QED) is 0.665. The molecule has 0 aliphatic rings. The first kappa shape index (κ1) is 15.0. The average molecular weight is 267 g/mol. The van der Waals surface area contributed by atoms with Crippen molar-refractivity contribution >= 4 is 11.9 Å². The van der Waals surface area contributed by atoms with Crippen molar-refractivity contribution in [1.29, 1.82) is 0 Å². The molecule has 19 heavy (non-hydrogen) atoms. The maximum absolute atomic E-state index is 11.8. The van der Waals surface area contributed by atoms with Crippen molar-refractivity contribution in [3.63, 3.8) is 0 Å². The Kier molecular flexibility index (Phi) is 5.81. The summed E-state index contributed by atoms with van der Waals surface area (Å²) in [6.07, 6.45) is -0.859. The fourth-order valence-electron chi connectivity index (χ4n) is 1.43. The zero-order chi connectivity index (χ0) is 14.3. The lowest BCUT2D eigenvalue weighted by Gasteiger charge is -2.18. The van der Waals surface area contributed by atoms with Gasteiger partial charge in [-0.05, 0) is 19.1 Å². The van der Waals surface area contributed by atoms with Crippen molar-refractivity contribution in [1.82, 2.24) is 5.32 Å². The molecule has 0 aromatic heterocycles. The Morgan fingerprint density at radius 1 is 1.32 bits per heavy atom. The number of hydrogen-bond donors (Lipinski definition) is 3. The Bertz CT molecular complexity index is 420. The summed E-state index contributed by atoms with van der Waals surface area (Å²) in [5.74, 6) is -1.20. The molecular formula is C13H17NO5. The van der Waals surface area contributed by atoms with Crippen LogP contribution in [0.4, 0.5) is 0 Å². The molecule has 0 bridgehead atoms. The van der Waals surface area contributed by atoms with Crippen LogP contribution in [0.2, 0.25) is 0 Å². The van der Waals surface area contributed by atoms with Gasteiger partial charge in [-0.1, -0.05) is 18.2 Å². The van der Waals surface area contributed by atoms with Gasteiger partial charge in [-0.2, -0.15) is 0 Å². The molecule has 1 rings (SSSR count). The number of rotatable bonds is 7. The number of nitrogens with one attached hydrogen (secondary N) is 1. The number of hydrogen-bond acceptors (Lipinski definition) is 4. The minimum absolute atomic E-state index is 0.0425. The van der Waals surface area contributed by atoms with Crippen LogP contribution in [0.1, 0.15) is 13.3 Å². The van der Waals surface area contributed by atoms with Gasteiger partial charge in [0.1, 0.15) is 11.8 Å². The van der Waals surface area contributed by atoms with Crippen LogP contribution in [-0.2, 0) is 9.59 Å². The standard InChI is InChI=1S/C13H17NO5/c1-9(19-10-5-3-2-4-6-10)12(16)14-11(7-8-15)13(17)18/h2-6,9,11,15H,7-8H2,1H3,(H,14,16)(H,17,18)/t9?,11-/m1/s1. The van der Waals surface area contributed by atoms with Gasteiger partial charge in [0.25, 0.3) is 5.91 Å². The molecular weight excluding hydrogens is 250 g/mol. The van der Waals surface area contributed by atoms with Crippen molar-refractivity contribution in [2.75, 3.05) is 6.61 Å². The maximum atomic E-state index is 11.8. The maximum Gasteiger partial charge on any atom is 0.326 e.